The number of benzene rings is 1. The molecule has 1 aromatic carbocycles. The Hall–Kier alpha value is -1.56. The fourth-order valence-corrected chi connectivity index (χ4v) is 3.68. The molecule has 2 atom stereocenters. The lowest BCUT2D eigenvalue weighted by Gasteiger charge is -2.32. The van der Waals surface area contributed by atoms with Crippen molar-refractivity contribution in [2.75, 3.05) is 13.2 Å². The monoisotopic (exact) mass is 366 g/mol. The molecule has 3 rings (SSSR count). The Morgan fingerprint density at radius 1 is 1.36 bits per heavy atom. The molecule has 0 radical (unpaired) electrons. The maximum absolute atomic E-state index is 12.7. The van der Waals surface area contributed by atoms with Gasteiger partial charge >= 0.3 is 6.03 Å². The molecular formula is C16H19BrN2O3. The number of para-hydroxylation sites is 1. The molecule has 2 unspecified atom stereocenters. The molecule has 22 heavy (non-hydrogen) atoms. The zero-order valence-electron chi connectivity index (χ0n) is 12.7. The molecule has 0 bridgehead atoms. The Morgan fingerprint density at radius 2 is 2.14 bits per heavy atom. The molecule has 1 aromatic rings. The van der Waals surface area contributed by atoms with Crippen LogP contribution in [-0.4, -0.2) is 40.9 Å². The van der Waals surface area contributed by atoms with Crippen LogP contribution in [0.15, 0.2) is 22.7 Å². The molecule has 1 fully saturated rings. The van der Waals surface area contributed by atoms with Crippen molar-refractivity contribution in [3.63, 3.8) is 0 Å². The lowest BCUT2D eigenvalue weighted by atomic mass is 9.99. The molecule has 2 aliphatic heterocycles. The van der Waals surface area contributed by atoms with Crippen LogP contribution in [0.5, 0.6) is 5.75 Å². The van der Waals surface area contributed by atoms with E-state index in [2.05, 4.69) is 15.9 Å². The molecule has 3 amide bonds. The molecule has 2 heterocycles. The summed E-state index contributed by atoms with van der Waals surface area (Å²) in [4.78, 5) is 28.4. The van der Waals surface area contributed by atoms with Crippen LogP contribution >= 0.6 is 15.9 Å². The Bertz CT molecular complexity index is 619. The van der Waals surface area contributed by atoms with E-state index in [9.17, 15) is 9.59 Å². The number of carbonyl (C=O) groups is 2. The standard InChI is InChI=1S/C16H19BrN2O3/c1-3-8-18-10(2)15(20)19(16(18)21)13-7-9-22-14-11(13)5-4-6-12(14)17/h4-6,10,13H,3,7-9H2,1-2H3. The summed E-state index contributed by atoms with van der Waals surface area (Å²) in [6.45, 7) is 4.92. The van der Waals surface area contributed by atoms with E-state index in [4.69, 9.17) is 4.74 Å². The van der Waals surface area contributed by atoms with Crippen molar-refractivity contribution in [3.8, 4) is 5.75 Å². The number of hydrogen-bond acceptors (Lipinski definition) is 3. The first-order valence-electron chi connectivity index (χ1n) is 7.61. The van der Waals surface area contributed by atoms with E-state index < -0.39 is 0 Å². The second-order valence-electron chi connectivity index (χ2n) is 5.67. The molecule has 1 saturated heterocycles. The van der Waals surface area contributed by atoms with Gasteiger partial charge in [-0.05, 0) is 35.3 Å². The average Bonchev–Trinajstić information content (AvgIpc) is 2.72. The van der Waals surface area contributed by atoms with Crippen LogP contribution < -0.4 is 4.74 Å². The van der Waals surface area contributed by atoms with Gasteiger partial charge in [0, 0.05) is 18.5 Å². The number of halogens is 1. The predicted octanol–water partition coefficient (Wildman–Crippen LogP) is 3.34. The van der Waals surface area contributed by atoms with Gasteiger partial charge < -0.3 is 9.64 Å². The Kier molecular flexibility index (Phi) is 4.12. The van der Waals surface area contributed by atoms with Gasteiger partial charge in [-0.2, -0.15) is 0 Å². The van der Waals surface area contributed by atoms with Crippen LogP contribution in [0.4, 0.5) is 4.79 Å². The van der Waals surface area contributed by atoms with E-state index in [1.54, 1.807) is 11.8 Å². The van der Waals surface area contributed by atoms with Crippen LogP contribution in [0, 0.1) is 0 Å². The Labute approximate surface area is 138 Å². The number of urea groups is 1. The molecule has 6 heteroatoms. The van der Waals surface area contributed by atoms with Crippen LogP contribution in [0.3, 0.4) is 0 Å². The van der Waals surface area contributed by atoms with E-state index >= 15 is 0 Å². The summed E-state index contributed by atoms with van der Waals surface area (Å²) in [5, 5.41) is 0. The maximum atomic E-state index is 12.7. The van der Waals surface area contributed by atoms with Gasteiger partial charge in [0.15, 0.2) is 0 Å². The molecule has 0 spiro atoms. The average molecular weight is 367 g/mol. The van der Waals surface area contributed by atoms with E-state index in [-0.39, 0.29) is 24.0 Å². The minimum Gasteiger partial charge on any atom is -0.492 e. The Balaban J connectivity index is 1.97. The van der Waals surface area contributed by atoms with Crippen molar-refractivity contribution >= 4 is 27.9 Å². The summed E-state index contributed by atoms with van der Waals surface area (Å²) < 4.78 is 6.56. The maximum Gasteiger partial charge on any atom is 0.328 e. The second kappa shape index (κ2) is 5.91. The SMILES string of the molecule is CCCN1C(=O)N(C2CCOc3c(Br)cccc32)C(=O)C1C. The van der Waals surface area contributed by atoms with Crippen molar-refractivity contribution < 1.29 is 14.3 Å². The number of nitrogens with zero attached hydrogens (tertiary/aromatic N) is 2. The number of imide groups is 1. The fourth-order valence-electron chi connectivity index (χ4n) is 3.19. The molecule has 0 saturated carbocycles. The quantitative estimate of drug-likeness (QED) is 0.770. The highest BCUT2D eigenvalue weighted by Gasteiger charge is 2.47. The number of fused-ring (bicyclic) bond motifs is 1. The predicted molar refractivity (Wildman–Crippen MR) is 85.7 cm³/mol. The van der Waals surface area contributed by atoms with Crippen LogP contribution in [0.1, 0.15) is 38.3 Å². The minimum atomic E-state index is -0.383. The van der Waals surface area contributed by atoms with E-state index in [1.807, 2.05) is 25.1 Å². The van der Waals surface area contributed by atoms with E-state index in [0.29, 0.717) is 19.6 Å². The molecule has 118 valence electrons. The molecule has 0 aromatic heterocycles. The molecule has 2 aliphatic rings. The van der Waals surface area contributed by atoms with Gasteiger partial charge in [-0.1, -0.05) is 19.1 Å². The molecule has 5 nitrogen and oxygen atoms in total. The van der Waals surface area contributed by atoms with Gasteiger partial charge in [0.25, 0.3) is 5.91 Å². The highest BCUT2D eigenvalue weighted by molar-refractivity contribution is 9.10. The summed E-state index contributed by atoms with van der Waals surface area (Å²) >= 11 is 3.47. The van der Waals surface area contributed by atoms with Crippen LogP contribution in [0.2, 0.25) is 0 Å². The molecule has 0 aliphatic carbocycles. The normalized spacial score (nSPS) is 24.5. The van der Waals surface area contributed by atoms with Crippen molar-refractivity contribution in [1.29, 1.82) is 0 Å². The first-order valence-corrected chi connectivity index (χ1v) is 8.40. The fraction of sp³-hybridized carbons (Fsp3) is 0.500. The smallest absolute Gasteiger partial charge is 0.328 e. The number of amides is 3. The zero-order valence-corrected chi connectivity index (χ0v) is 14.3. The highest BCUT2D eigenvalue weighted by atomic mass is 79.9. The molecular weight excluding hydrogens is 348 g/mol. The van der Waals surface area contributed by atoms with Gasteiger partial charge in [-0.15, -0.1) is 0 Å². The number of hydrogen-bond donors (Lipinski definition) is 0. The van der Waals surface area contributed by atoms with E-state index in [1.165, 1.54) is 4.90 Å². The summed E-state index contributed by atoms with van der Waals surface area (Å²) in [5.74, 6) is 0.622. The third kappa shape index (κ3) is 2.29. The zero-order chi connectivity index (χ0) is 15.9. The van der Waals surface area contributed by atoms with Gasteiger partial charge in [-0.3, -0.25) is 9.69 Å². The number of rotatable bonds is 3. The highest BCUT2D eigenvalue weighted by Crippen LogP contribution is 2.42. The Morgan fingerprint density at radius 3 is 2.86 bits per heavy atom. The second-order valence-corrected chi connectivity index (χ2v) is 6.53. The van der Waals surface area contributed by atoms with E-state index in [0.717, 1.165) is 22.2 Å². The summed E-state index contributed by atoms with van der Waals surface area (Å²) in [6.07, 6.45) is 1.47. The minimum absolute atomic E-state index is 0.115. The van der Waals surface area contributed by atoms with Crippen molar-refractivity contribution in [2.45, 2.75) is 38.8 Å². The van der Waals surface area contributed by atoms with Crippen molar-refractivity contribution in [2.24, 2.45) is 0 Å². The van der Waals surface area contributed by atoms with Gasteiger partial charge in [0.2, 0.25) is 0 Å². The number of ether oxygens (including phenoxy) is 1. The summed E-state index contributed by atoms with van der Waals surface area (Å²) in [5.41, 5.74) is 0.896. The summed E-state index contributed by atoms with van der Waals surface area (Å²) in [6, 6.07) is 4.93. The number of carbonyl (C=O) groups excluding carboxylic acids is 2. The van der Waals surface area contributed by atoms with Crippen molar-refractivity contribution in [1.82, 2.24) is 9.80 Å². The third-order valence-electron chi connectivity index (χ3n) is 4.28. The molecule has 0 N–H and O–H groups in total. The van der Waals surface area contributed by atoms with Crippen LogP contribution in [-0.2, 0) is 4.79 Å². The first-order chi connectivity index (χ1) is 10.6. The van der Waals surface area contributed by atoms with Gasteiger partial charge in [0.05, 0.1) is 17.1 Å². The lowest BCUT2D eigenvalue weighted by Crippen LogP contribution is -2.38. The lowest BCUT2D eigenvalue weighted by molar-refractivity contribution is -0.129. The first kappa shape index (κ1) is 15.3. The largest absolute Gasteiger partial charge is 0.492 e. The third-order valence-corrected chi connectivity index (χ3v) is 4.91. The van der Waals surface area contributed by atoms with Crippen molar-refractivity contribution in [3.05, 3.63) is 28.2 Å². The summed E-state index contributed by atoms with van der Waals surface area (Å²) in [7, 11) is 0. The van der Waals surface area contributed by atoms with Gasteiger partial charge in [0.1, 0.15) is 11.8 Å². The van der Waals surface area contributed by atoms with Gasteiger partial charge in [-0.25, -0.2) is 4.79 Å². The van der Waals surface area contributed by atoms with Crippen LogP contribution in [0.25, 0.3) is 0 Å². The topological polar surface area (TPSA) is 49.9 Å².